The SMILES string of the molecule is Cc1ccc(Nc2cc(C)nc(NCCNC(=O)Cc3cccc4ccccc34)n2)cc1. The number of carbonyl (C=O) groups excluding carboxylic acids is 1. The third-order valence-electron chi connectivity index (χ3n) is 5.14. The number of amides is 1. The lowest BCUT2D eigenvalue weighted by molar-refractivity contribution is -0.120. The van der Waals surface area contributed by atoms with Crippen LogP contribution in [0, 0.1) is 13.8 Å². The predicted octanol–water partition coefficient (Wildman–Crippen LogP) is 4.76. The van der Waals surface area contributed by atoms with Crippen LogP contribution < -0.4 is 16.0 Å². The van der Waals surface area contributed by atoms with Crippen molar-refractivity contribution in [1.29, 1.82) is 0 Å². The third-order valence-corrected chi connectivity index (χ3v) is 5.14. The fourth-order valence-corrected chi connectivity index (χ4v) is 3.55. The van der Waals surface area contributed by atoms with Gasteiger partial charge in [-0.15, -0.1) is 0 Å². The average Bonchev–Trinajstić information content (AvgIpc) is 2.78. The van der Waals surface area contributed by atoms with E-state index in [0.717, 1.165) is 33.5 Å². The Labute approximate surface area is 188 Å². The van der Waals surface area contributed by atoms with Crippen LogP contribution in [0.2, 0.25) is 0 Å². The van der Waals surface area contributed by atoms with Gasteiger partial charge in [0.2, 0.25) is 11.9 Å². The largest absolute Gasteiger partial charge is 0.354 e. The molecule has 0 unspecified atom stereocenters. The van der Waals surface area contributed by atoms with Crippen molar-refractivity contribution in [3.05, 3.63) is 89.6 Å². The summed E-state index contributed by atoms with van der Waals surface area (Å²) < 4.78 is 0. The lowest BCUT2D eigenvalue weighted by Crippen LogP contribution is -2.30. The number of benzene rings is 3. The molecule has 0 aliphatic carbocycles. The topological polar surface area (TPSA) is 78.9 Å². The Kier molecular flexibility index (Phi) is 6.60. The van der Waals surface area contributed by atoms with Crippen LogP contribution in [0.25, 0.3) is 10.8 Å². The van der Waals surface area contributed by atoms with E-state index in [-0.39, 0.29) is 5.91 Å². The van der Waals surface area contributed by atoms with Crippen LogP contribution in [0.15, 0.2) is 72.8 Å². The van der Waals surface area contributed by atoms with E-state index >= 15 is 0 Å². The highest BCUT2D eigenvalue weighted by atomic mass is 16.1. The molecule has 0 saturated carbocycles. The molecule has 0 atom stereocenters. The van der Waals surface area contributed by atoms with Crippen LogP contribution in [-0.4, -0.2) is 29.0 Å². The first-order valence-corrected chi connectivity index (χ1v) is 10.7. The minimum Gasteiger partial charge on any atom is -0.354 e. The molecule has 1 heterocycles. The summed E-state index contributed by atoms with van der Waals surface area (Å²) in [5.41, 5.74) is 4.07. The molecule has 4 rings (SSSR count). The number of nitrogens with zero attached hydrogens (tertiary/aromatic N) is 2. The number of aromatic nitrogens is 2. The second-order valence-electron chi connectivity index (χ2n) is 7.80. The average molecular weight is 426 g/mol. The number of anilines is 3. The minimum absolute atomic E-state index is 0.00459. The van der Waals surface area contributed by atoms with Crippen molar-refractivity contribution in [2.45, 2.75) is 20.3 Å². The van der Waals surface area contributed by atoms with Gasteiger partial charge in [-0.25, -0.2) is 4.98 Å². The maximum absolute atomic E-state index is 12.4. The number of aryl methyl sites for hydroxylation is 2. The summed E-state index contributed by atoms with van der Waals surface area (Å²) in [5, 5.41) is 11.7. The van der Waals surface area contributed by atoms with Crippen molar-refractivity contribution >= 4 is 34.1 Å². The highest BCUT2D eigenvalue weighted by Crippen LogP contribution is 2.19. The van der Waals surface area contributed by atoms with Crippen LogP contribution in [0.5, 0.6) is 0 Å². The molecule has 6 nitrogen and oxygen atoms in total. The summed E-state index contributed by atoms with van der Waals surface area (Å²) >= 11 is 0. The Bertz CT molecular complexity index is 1220. The van der Waals surface area contributed by atoms with Crippen molar-refractivity contribution < 1.29 is 4.79 Å². The number of nitrogens with one attached hydrogen (secondary N) is 3. The fourth-order valence-electron chi connectivity index (χ4n) is 3.55. The van der Waals surface area contributed by atoms with Crippen LogP contribution in [0.3, 0.4) is 0 Å². The molecule has 4 aromatic rings. The zero-order chi connectivity index (χ0) is 22.3. The normalized spacial score (nSPS) is 10.7. The molecule has 0 radical (unpaired) electrons. The minimum atomic E-state index is -0.00459. The fraction of sp³-hybridized carbons (Fsp3) is 0.192. The second kappa shape index (κ2) is 9.92. The van der Waals surface area contributed by atoms with Crippen molar-refractivity contribution in [3.63, 3.8) is 0 Å². The lowest BCUT2D eigenvalue weighted by atomic mass is 10.0. The van der Waals surface area contributed by atoms with Gasteiger partial charge in [-0.05, 0) is 42.3 Å². The molecular formula is C26H27N5O. The third kappa shape index (κ3) is 5.60. The van der Waals surface area contributed by atoms with Gasteiger partial charge in [-0.3, -0.25) is 4.79 Å². The summed E-state index contributed by atoms with van der Waals surface area (Å²) in [4.78, 5) is 21.4. The molecule has 32 heavy (non-hydrogen) atoms. The van der Waals surface area contributed by atoms with Gasteiger partial charge in [-0.2, -0.15) is 4.98 Å². The highest BCUT2D eigenvalue weighted by Gasteiger charge is 2.07. The Hall–Kier alpha value is -3.93. The number of carbonyl (C=O) groups is 1. The van der Waals surface area contributed by atoms with Gasteiger partial charge in [0.15, 0.2) is 0 Å². The van der Waals surface area contributed by atoms with Gasteiger partial charge in [0.1, 0.15) is 5.82 Å². The first kappa shape index (κ1) is 21.3. The van der Waals surface area contributed by atoms with Gasteiger partial charge < -0.3 is 16.0 Å². The molecule has 0 aliphatic rings. The van der Waals surface area contributed by atoms with Crippen molar-refractivity contribution in [1.82, 2.24) is 15.3 Å². The molecular weight excluding hydrogens is 398 g/mol. The van der Waals surface area contributed by atoms with E-state index in [9.17, 15) is 4.79 Å². The zero-order valence-electron chi connectivity index (χ0n) is 18.4. The Morgan fingerprint density at radius 3 is 2.50 bits per heavy atom. The summed E-state index contributed by atoms with van der Waals surface area (Å²) in [5.74, 6) is 1.25. The molecule has 162 valence electrons. The smallest absolute Gasteiger partial charge is 0.224 e. The molecule has 0 aliphatic heterocycles. The van der Waals surface area contributed by atoms with E-state index in [4.69, 9.17) is 0 Å². The lowest BCUT2D eigenvalue weighted by Gasteiger charge is -2.11. The summed E-state index contributed by atoms with van der Waals surface area (Å²) in [6, 6.07) is 24.2. The molecule has 1 amide bonds. The summed E-state index contributed by atoms with van der Waals surface area (Å²) in [7, 11) is 0. The summed E-state index contributed by atoms with van der Waals surface area (Å²) in [6.45, 7) is 5.01. The van der Waals surface area contributed by atoms with Crippen LogP contribution in [-0.2, 0) is 11.2 Å². The van der Waals surface area contributed by atoms with Gasteiger partial charge in [0.05, 0.1) is 6.42 Å². The van der Waals surface area contributed by atoms with Crippen LogP contribution >= 0.6 is 0 Å². The Balaban J connectivity index is 1.29. The molecule has 0 spiro atoms. The molecule has 3 aromatic carbocycles. The van der Waals surface area contributed by atoms with Crippen molar-refractivity contribution in [2.75, 3.05) is 23.7 Å². The quantitative estimate of drug-likeness (QED) is 0.355. The van der Waals surface area contributed by atoms with E-state index < -0.39 is 0 Å². The van der Waals surface area contributed by atoms with Gasteiger partial charge in [0.25, 0.3) is 0 Å². The molecule has 1 aromatic heterocycles. The van der Waals surface area contributed by atoms with E-state index in [1.807, 2.05) is 49.4 Å². The maximum Gasteiger partial charge on any atom is 0.224 e. The standard InChI is InChI=1S/C26H27N5O/c1-18-10-12-22(13-11-18)30-24-16-19(2)29-26(31-24)28-15-14-27-25(32)17-21-8-5-7-20-6-3-4-9-23(20)21/h3-13,16H,14-15,17H2,1-2H3,(H,27,32)(H2,28,29,30,31). The van der Waals surface area contributed by atoms with Crippen molar-refractivity contribution in [3.8, 4) is 0 Å². The number of hydrogen-bond acceptors (Lipinski definition) is 5. The van der Waals surface area contributed by atoms with E-state index in [1.165, 1.54) is 5.56 Å². The predicted molar refractivity (Wildman–Crippen MR) is 130 cm³/mol. The van der Waals surface area contributed by atoms with Gasteiger partial charge in [0, 0.05) is 30.5 Å². The van der Waals surface area contributed by atoms with E-state index in [0.29, 0.717) is 25.5 Å². The van der Waals surface area contributed by atoms with Crippen molar-refractivity contribution in [2.24, 2.45) is 0 Å². The van der Waals surface area contributed by atoms with Crippen LogP contribution in [0.1, 0.15) is 16.8 Å². The monoisotopic (exact) mass is 425 g/mol. The van der Waals surface area contributed by atoms with E-state index in [1.54, 1.807) is 0 Å². The number of fused-ring (bicyclic) bond motifs is 1. The summed E-state index contributed by atoms with van der Waals surface area (Å²) in [6.07, 6.45) is 0.354. The highest BCUT2D eigenvalue weighted by molar-refractivity contribution is 5.90. The number of rotatable bonds is 8. The van der Waals surface area contributed by atoms with Crippen LogP contribution in [0.4, 0.5) is 17.5 Å². The molecule has 0 fully saturated rings. The van der Waals surface area contributed by atoms with Gasteiger partial charge >= 0.3 is 0 Å². The van der Waals surface area contributed by atoms with Gasteiger partial charge in [-0.1, -0.05) is 60.2 Å². The molecule has 0 saturated heterocycles. The second-order valence-corrected chi connectivity index (χ2v) is 7.80. The Morgan fingerprint density at radius 2 is 1.66 bits per heavy atom. The Morgan fingerprint density at radius 1 is 0.875 bits per heavy atom. The first-order valence-electron chi connectivity index (χ1n) is 10.7. The first-order chi connectivity index (χ1) is 15.6. The zero-order valence-corrected chi connectivity index (χ0v) is 18.4. The number of hydrogen-bond donors (Lipinski definition) is 3. The molecule has 3 N–H and O–H groups in total. The maximum atomic E-state index is 12.4. The van der Waals surface area contributed by atoms with E-state index in [2.05, 4.69) is 63.2 Å². The molecule has 0 bridgehead atoms. The molecule has 6 heteroatoms.